The number of ether oxygens (including phenoxy) is 2. The number of aryl methyl sites for hydroxylation is 10. The van der Waals surface area contributed by atoms with E-state index in [9.17, 15) is 51.6 Å². The van der Waals surface area contributed by atoms with Crippen molar-refractivity contribution in [1.29, 1.82) is 0 Å². The second kappa shape index (κ2) is 48.5. The standard InChI is InChI=1S/C21H25N5O3S.C20H23N5O3S.C20H23N5O2S.C19H23N5O3S2.C19H21N5O2S/c1-13-14(2)23-24-19-16(13)17(22)18(30-19)20(27)25(3)10-11-26(4)21(28)29-12-15-8-6-5-7-9-15;1-12-13(2)22-23-18-15(12)16(21)17(29-18)19(26)24(3)10-11-25(4)20(27)28-14-8-6-5-7-9-14;1-12-13(2)22-23-18-15(12)16(21)17(28-18)20(27)25(4)11-10-24(3)19(26)14-8-6-5-7-9-14;1-12-13(2)21-22-18-15(12)16(20)17(28-18)19(25)23(3)10-11-24(4)29(26,27)14-8-6-5-7-9-14;1-11-12(2)22-23-18-14(11)15(20)16(27-18)19(26)24(3)10-9-21-17(25)13-7-5-4-6-8-13/h5-9H,10-12,22H2,1-4H3;5-9H,10-11,21H2,1-4H3;5-9H,10-11,21H2,1-4H3;5-9H,10-11,20H2,1-4H3;4-8H,9-10,20H2,1-3H3,(H,21,25). The molecule has 0 radical (unpaired) electrons. The van der Waals surface area contributed by atoms with E-state index in [0.717, 1.165) is 88.8 Å². The summed E-state index contributed by atoms with van der Waals surface area (Å²) in [6.45, 7) is 22.3. The number of carbonyl (C=O) groups excluding carboxylic acids is 9. The van der Waals surface area contributed by atoms with Crippen LogP contribution in [0.25, 0.3) is 51.1 Å². The molecule has 15 aromatic rings. The molecule has 15 rings (SSSR count). The van der Waals surface area contributed by atoms with Gasteiger partial charge in [-0.2, -0.15) is 29.8 Å². The van der Waals surface area contributed by atoms with Crippen LogP contribution in [0.5, 0.6) is 5.75 Å². The molecule has 0 aliphatic rings. The van der Waals surface area contributed by atoms with Crippen molar-refractivity contribution < 1.29 is 61.0 Å². The fourth-order valence-corrected chi connectivity index (χ4v) is 20.7. The summed E-state index contributed by atoms with van der Waals surface area (Å²) < 4.78 is 37.1. The largest absolute Gasteiger partial charge is 0.445 e. The van der Waals surface area contributed by atoms with Gasteiger partial charge in [-0.15, -0.1) is 82.2 Å². The number of thiophene rings is 5. The Labute approximate surface area is 847 Å². The normalized spacial score (nSPS) is 11.0. The van der Waals surface area contributed by atoms with Crippen LogP contribution in [0, 0.1) is 69.2 Å². The van der Waals surface area contributed by atoms with Crippen LogP contribution in [0.15, 0.2) is 157 Å². The van der Waals surface area contributed by atoms with Gasteiger partial charge in [0.2, 0.25) is 10.0 Å². The summed E-state index contributed by atoms with van der Waals surface area (Å²) >= 11 is 6.16. The highest BCUT2D eigenvalue weighted by molar-refractivity contribution is 7.89. The molecular formula is C99H115N25O13S6. The second-order valence-corrected chi connectivity index (χ2v) is 40.8. The summed E-state index contributed by atoms with van der Waals surface area (Å²) in [6, 6.07) is 44.5. The summed E-state index contributed by atoms with van der Waals surface area (Å²) in [4.78, 5) is 131. The lowest BCUT2D eigenvalue weighted by molar-refractivity contribution is 0.0721. The van der Waals surface area contributed by atoms with Gasteiger partial charge in [-0.3, -0.25) is 33.6 Å². The summed E-state index contributed by atoms with van der Waals surface area (Å²) in [5.74, 6) is -0.847. The number of para-hydroxylation sites is 1. The molecule has 10 aromatic heterocycles. The zero-order valence-electron chi connectivity index (χ0n) is 82.9. The number of hydrogen-bond donors (Lipinski definition) is 6. The molecule has 9 amide bonds. The zero-order valence-corrected chi connectivity index (χ0v) is 87.8. The second-order valence-electron chi connectivity index (χ2n) is 33.7. The van der Waals surface area contributed by atoms with Gasteiger partial charge in [-0.1, -0.05) is 103 Å². The maximum absolute atomic E-state index is 12.9. The van der Waals surface area contributed by atoms with Gasteiger partial charge >= 0.3 is 12.2 Å². The molecule has 0 atom stereocenters. The third kappa shape index (κ3) is 25.9. The Morgan fingerprint density at radius 3 is 0.888 bits per heavy atom. The lowest BCUT2D eigenvalue weighted by atomic mass is 10.1. The van der Waals surface area contributed by atoms with Crippen LogP contribution in [0.3, 0.4) is 0 Å². The zero-order chi connectivity index (χ0) is 104. The number of likely N-dealkylation sites (N-methyl/N-ethyl adjacent to an activating group) is 9. The van der Waals surface area contributed by atoms with E-state index in [0.29, 0.717) is 146 Å². The summed E-state index contributed by atoms with van der Waals surface area (Å²) in [6.07, 6.45) is -0.928. The number of hydrogen-bond acceptors (Lipinski definition) is 33. The Morgan fingerprint density at radius 2 is 0.566 bits per heavy atom. The molecule has 0 saturated carbocycles. The van der Waals surface area contributed by atoms with Crippen LogP contribution in [0.4, 0.5) is 38.0 Å². The maximum Gasteiger partial charge on any atom is 0.415 e. The topological polar surface area (TPSA) is 506 Å². The number of nitrogens with zero attached hydrogens (tertiary/aromatic N) is 19. The number of aromatic nitrogens is 10. The highest BCUT2D eigenvalue weighted by Crippen LogP contribution is 2.41. The molecule has 0 unspecified atom stereocenters. The van der Waals surface area contributed by atoms with Crippen molar-refractivity contribution in [3.8, 4) is 5.75 Å². The molecule has 0 spiro atoms. The molecule has 11 N–H and O–H groups in total. The third-order valence-corrected chi connectivity index (χ3v) is 31.1. The maximum atomic E-state index is 12.9. The van der Waals surface area contributed by atoms with Gasteiger partial charge in [0.05, 0.1) is 61.8 Å². The van der Waals surface area contributed by atoms with E-state index >= 15 is 0 Å². The minimum Gasteiger partial charge on any atom is -0.445 e. The Bertz CT molecular complexity index is 7300. The summed E-state index contributed by atoms with van der Waals surface area (Å²) in [7, 11) is 11.2. The van der Waals surface area contributed by atoms with Crippen molar-refractivity contribution in [1.82, 2.24) is 99.8 Å². The fraction of sp³-hybridized carbons (Fsp3) is 0.303. The molecule has 38 nitrogen and oxygen atoms in total. The van der Waals surface area contributed by atoms with E-state index in [4.69, 9.17) is 38.1 Å². The number of nitrogen functional groups attached to an aromatic ring is 5. The molecule has 143 heavy (non-hydrogen) atoms. The Balaban J connectivity index is 0.000000171. The molecule has 5 aromatic carbocycles. The van der Waals surface area contributed by atoms with Crippen LogP contribution in [-0.2, 0) is 21.4 Å². The quantitative estimate of drug-likeness (QED) is 0.0278. The highest BCUT2D eigenvalue weighted by atomic mass is 32.2. The van der Waals surface area contributed by atoms with E-state index in [1.165, 1.54) is 92.5 Å². The smallest absolute Gasteiger partial charge is 0.415 e. The Hall–Kier alpha value is -15.0. The lowest BCUT2D eigenvalue weighted by Gasteiger charge is -2.22. The number of nitrogens with one attached hydrogen (secondary N) is 1. The van der Waals surface area contributed by atoms with Crippen LogP contribution in [-0.4, -0.2) is 285 Å². The van der Waals surface area contributed by atoms with Crippen molar-refractivity contribution in [2.24, 2.45) is 0 Å². The first-order valence-electron chi connectivity index (χ1n) is 44.8. The monoisotopic (exact) mass is 2050 g/mol. The van der Waals surface area contributed by atoms with E-state index < -0.39 is 22.2 Å². The number of sulfonamides is 1. The number of anilines is 5. The van der Waals surface area contributed by atoms with Gasteiger partial charge in [0.15, 0.2) is 0 Å². The number of fused-ring (bicyclic) bond motifs is 5. The average molecular weight is 2060 g/mol. The molecule has 10 heterocycles. The van der Waals surface area contributed by atoms with Gasteiger partial charge in [0, 0.05) is 167 Å². The number of carbonyl (C=O) groups is 9. The van der Waals surface area contributed by atoms with E-state index in [2.05, 4.69) is 56.3 Å². The van der Waals surface area contributed by atoms with Gasteiger partial charge in [-0.05, 0) is 151 Å². The van der Waals surface area contributed by atoms with E-state index in [1.54, 1.807) is 162 Å². The van der Waals surface area contributed by atoms with Gasteiger partial charge < -0.3 is 82.7 Å². The predicted octanol–water partition coefficient (Wildman–Crippen LogP) is 13.7. The molecule has 44 heteroatoms. The first kappa shape index (κ1) is 108. The number of nitrogens with two attached hydrogens (primary N) is 5. The van der Waals surface area contributed by atoms with E-state index in [-0.39, 0.29) is 65.9 Å². The molecule has 0 fully saturated rings. The minimum absolute atomic E-state index is 0.0794. The molecule has 0 saturated heterocycles. The van der Waals surface area contributed by atoms with E-state index in [1.807, 2.05) is 130 Å². The Kier molecular flexibility index (Phi) is 36.8. The summed E-state index contributed by atoms with van der Waals surface area (Å²) in [5.41, 5.74) is 44.0. The van der Waals surface area contributed by atoms with Crippen LogP contribution in [0.2, 0.25) is 0 Å². The first-order valence-corrected chi connectivity index (χ1v) is 50.4. The SMILES string of the molecule is Cc1nnc2sc(C(=O)N(C)CCN(C)C(=O)OCc3ccccc3)c(N)c2c1C.Cc1nnc2sc(C(=O)N(C)CCN(C)C(=O)Oc3ccccc3)c(N)c2c1C.Cc1nnc2sc(C(=O)N(C)CCN(C)C(=O)c3ccccc3)c(N)c2c1C.Cc1nnc2sc(C(=O)N(C)CCN(C)S(=O)(=O)c3ccccc3)c(N)c2c1C.Cc1nnc2sc(C(=O)N(C)CCNC(=O)c3ccccc3)c(N)c2c1C. The van der Waals surface area contributed by atoms with Crippen LogP contribution >= 0.6 is 56.7 Å². The van der Waals surface area contributed by atoms with Crippen LogP contribution < -0.4 is 38.7 Å². The highest BCUT2D eigenvalue weighted by Gasteiger charge is 2.31. The Morgan fingerprint density at radius 1 is 0.308 bits per heavy atom. The van der Waals surface area contributed by atoms with Gasteiger partial charge in [-0.25, -0.2) is 18.0 Å². The lowest BCUT2D eigenvalue weighted by Crippen LogP contribution is -2.38. The minimum atomic E-state index is -3.61. The van der Waals surface area contributed by atoms with Crippen molar-refractivity contribution in [3.05, 3.63) is 249 Å². The number of benzene rings is 5. The number of amides is 9. The van der Waals surface area contributed by atoms with Crippen molar-refractivity contribution in [2.45, 2.75) is 80.7 Å². The van der Waals surface area contributed by atoms with Gasteiger partial charge in [0.1, 0.15) is 60.9 Å². The average Bonchev–Trinajstić information content (AvgIpc) is 1.66. The molecule has 0 aliphatic heterocycles. The molecule has 750 valence electrons. The third-order valence-electron chi connectivity index (χ3n) is 23.8. The van der Waals surface area contributed by atoms with Crippen molar-refractivity contribution in [3.63, 3.8) is 0 Å². The predicted molar refractivity (Wildman–Crippen MR) is 564 cm³/mol. The van der Waals surface area contributed by atoms with Crippen molar-refractivity contribution in [2.75, 3.05) is 158 Å². The first-order chi connectivity index (χ1) is 67.9. The molecule has 0 aliphatic carbocycles. The van der Waals surface area contributed by atoms with Gasteiger partial charge in [0.25, 0.3) is 41.4 Å². The number of rotatable bonds is 27. The molecular weight excluding hydrogens is 1940 g/mol. The van der Waals surface area contributed by atoms with Crippen molar-refractivity contribution >= 4 is 200 Å². The molecule has 0 bridgehead atoms. The van der Waals surface area contributed by atoms with Crippen LogP contribution in [0.1, 0.15) is 131 Å². The summed E-state index contributed by atoms with van der Waals surface area (Å²) in [5, 5.41) is 48.0. The fourth-order valence-electron chi connectivity index (χ4n) is 14.1.